The number of ether oxygens (including phenoxy) is 1. The van der Waals surface area contributed by atoms with Gasteiger partial charge in [0.2, 0.25) is 0 Å². The van der Waals surface area contributed by atoms with E-state index in [-0.39, 0.29) is 0 Å². The highest BCUT2D eigenvalue weighted by atomic mass is 16.5. The Labute approximate surface area is 130 Å². The van der Waals surface area contributed by atoms with Crippen molar-refractivity contribution in [3.05, 3.63) is 23.8 Å². The lowest BCUT2D eigenvalue weighted by atomic mass is 10.2. The molecule has 0 fully saturated rings. The predicted molar refractivity (Wildman–Crippen MR) is 86.6 cm³/mol. The van der Waals surface area contributed by atoms with Gasteiger partial charge in [-0.25, -0.2) is 9.59 Å². The van der Waals surface area contributed by atoms with Gasteiger partial charge in [-0.2, -0.15) is 0 Å². The van der Waals surface area contributed by atoms with Crippen molar-refractivity contribution in [2.24, 2.45) is 0 Å². The fraction of sp³-hybridized carbons (Fsp3) is 0.500. The Bertz CT molecular complexity index is 503. The number of unbranched alkanes of at least 4 members (excludes halogenated alkanes) is 4. The molecule has 0 aromatic heterocycles. The highest BCUT2D eigenvalue weighted by molar-refractivity contribution is 5.89. The quantitative estimate of drug-likeness (QED) is 0.612. The van der Waals surface area contributed by atoms with Gasteiger partial charge in [-0.1, -0.05) is 38.7 Å². The number of carboxylic acid groups (broad SMARTS) is 1. The summed E-state index contributed by atoms with van der Waals surface area (Å²) in [4.78, 5) is 22.3. The molecule has 0 saturated heterocycles. The van der Waals surface area contributed by atoms with Crippen molar-refractivity contribution in [1.82, 2.24) is 0 Å². The van der Waals surface area contributed by atoms with Gasteiger partial charge in [-0.3, -0.25) is 10.6 Å². The van der Waals surface area contributed by atoms with Gasteiger partial charge in [0.15, 0.2) is 0 Å². The number of anilines is 2. The second kappa shape index (κ2) is 9.65. The molecule has 0 aliphatic rings. The second-order valence-corrected chi connectivity index (χ2v) is 5.13. The standard InChI is InChI=1S/C16H24N2O4/c1-3-4-5-6-7-10-22-16(21)18-14-11-13(17-15(19)20)9-8-12(14)2/h8-9,11,17H,3-7,10H2,1-2H3,(H,18,21)(H,19,20). The van der Waals surface area contributed by atoms with Gasteiger partial charge in [-0.05, 0) is 31.0 Å². The molecule has 0 atom stereocenters. The number of rotatable bonds is 8. The van der Waals surface area contributed by atoms with Crippen molar-refractivity contribution in [2.75, 3.05) is 17.2 Å². The summed E-state index contributed by atoms with van der Waals surface area (Å²) in [7, 11) is 0. The van der Waals surface area contributed by atoms with Crippen molar-refractivity contribution >= 4 is 23.6 Å². The van der Waals surface area contributed by atoms with Crippen molar-refractivity contribution in [3.8, 4) is 0 Å². The van der Waals surface area contributed by atoms with E-state index in [9.17, 15) is 9.59 Å². The molecule has 1 rings (SSSR count). The van der Waals surface area contributed by atoms with E-state index in [4.69, 9.17) is 9.84 Å². The lowest BCUT2D eigenvalue weighted by Gasteiger charge is -2.11. The summed E-state index contributed by atoms with van der Waals surface area (Å²) < 4.78 is 5.12. The van der Waals surface area contributed by atoms with Crippen LogP contribution in [0, 0.1) is 6.92 Å². The van der Waals surface area contributed by atoms with Crippen LogP contribution >= 0.6 is 0 Å². The van der Waals surface area contributed by atoms with Crippen LogP contribution in [0.15, 0.2) is 18.2 Å². The highest BCUT2D eigenvalue weighted by Crippen LogP contribution is 2.20. The molecule has 6 heteroatoms. The van der Waals surface area contributed by atoms with Crippen LogP contribution in [0.1, 0.15) is 44.6 Å². The molecule has 0 heterocycles. The van der Waals surface area contributed by atoms with Gasteiger partial charge in [0.05, 0.1) is 6.61 Å². The molecule has 6 nitrogen and oxygen atoms in total. The van der Waals surface area contributed by atoms with Crippen LogP contribution < -0.4 is 10.6 Å². The second-order valence-electron chi connectivity index (χ2n) is 5.13. The first-order valence-electron chi connectivity index (χ1n) is 7.57. The Morgan fingerprint density at radius 3 is 2.55 bits per heavy atom. The van der Waals surface area contributed by atoms with E-state index in [0.29, 0.717) is 18.0 Å². The Hall–Kier alpha value is -2.24. The number of carbonyl (C=O) groups is 2. The molecular weight excluding hydrogens is 284 g/mol. The maximum Gasteiger partial charge on any atom is 0.411 e. The third-order valence-electron chi connectivity index (χ3n) is 3.21. The zero-order chi connectivity index (χ0) is 16.4. The summed E-state index contributed by atoms with van der Waals surface area (Å²) in [6, 6.07) is 4.92. The summed E-state index contributed by atoms with van der Waals surface area (Å²) in [5, 5.41) is 13.6. The zero-order valence-electron chi connectivity index (χ0n) is 13.1. The van der Waals surface area contributed by atoms with Crippen LogP contribution in [-0.4, -0.2) is 23.9 Å². The van der Waals surface area contributed by atoms with Gasteiger partial charge < -0.3 is 9.84 Å². The van der Waals surface area contributed by atoms with E-state index >= 15 is 0 Å². The minimum Gasteiger partial charge on any atom is -0.465 e. The first kappa shape index (κ1) is 17.8. The van der Waals surface area contributed by atoms with E-state index in [1.165, 1.54) is 12.8 Å². The van der Waals surface area contributed by atoms with Crippen molar-refractivity contribution in [1.29, 1.82) is 0 Å². The minimum absolute atomic E-state index is 0.391. The molecule has 0 bridgehead atoms. The molecule has 0 spiro atoms. The number of nitrogens with one attached hydrogen (secondary N) is 2. The van der Waals surface area contributed by atoms with Gasteiger partial charge in [0, 0.05) is 11.4 Å². The van der Waals surface area contributed by atoms with Crippen LogP contribution in [0.2, 0.25) is 0 Å². The minimum atomic E-state index is -1.15. The topological polar surface area (TPSA) is 87.7 Å². The Morgan fingerprint density at radius 2 is 1.86 bits per heavy atom. The predicted octanol–water partition coefficient (Wildman–Crippen LogP) is 4.60. The molecule has 0 aliphatic heterocycles. The van der Waals surface area contributed by atoms with E-state index in [2.05, 4.69) is 17.6 Å². The number of hydrogen-bond donors (Lipinski definition) is 3. The number of hydrogen-bond acceptors (Lipinski definition) is 3. The summed E-state index contributed by atoms with van der Waals surface area (Å²) in [6.45, 7) is 4.37. The molecule has 3 N–H and O–H groups in total. The average Bonchev–Trinajstić information content (AvgIpc) is 2.45. The summed E-state index contributed by atoms with van der Waals surface area (Å²) in [6.07, 6.45) is 3.78. The molecule has 0 aliphatic carbocycles. The van der Waals surface area contributed by atoms with Crippen LogP contribution in [0.4, 0.5) is 21.0 Å². The van der Waals surface area contributed by atoms with E-state index in [0.717, 1.165) is 24.8 Å². The fourth-order valence-electron chi connectivity index (χ4n) is 1.97. The largest absolute Gasteiger partial charge is 0.465 e. The third-order valence-corrected chi connectivity index (χ3v) is 3.21. The van der Waals surface area contributed by atoms with Crippen molar-refractivity contribution in [3.63, 3.8) is 0 Å². The molecule has 0 radical (unpaired) electrons. The zero-order valence-corrected chi connectivity index (χ0v) is 13.1. The van der Waals surface area contributed by atoms with Crippen LogP contribution in [0.3, 0.4) is 0 Å². The smallest absolute Gasteiger partial charge is 0.411 e. The summed E-state index contributed by atoms with van der Waals surface area (Å²) in [5.41, 5.74) is 1.76. The molecule has 2 amide bonds. The Morgan fingerprint density at radius 1 is 1.14 bits per heavy atom. The first-order chi connectivity index (χ1) is 10.5. The highest BCUT2D eigenvalue weighted by Gasteiger charge is 2.07. The lowest BCUT2D eigenvalue weighted by molar-refractivity contribution is 0.159. The molecule has 22 heavy (non-hydrogen) atoms. The van der Waals surface area contributed by atoms with E-state index in [1.54, 1.807) is 18.2 Å². The lowest BCUT2D eigenvalue weighted by Crippen LogP contribution is -2.15. The number of benzene rings is 1. The number of aryl methyl sites for hydroxylation is 1. The van der Waals surface area contributed by atoms with Crippen LogP contribution in [-0.2, 0) is 4.74 Å². The molecular formula is C16H24N2O4. The Balaban J connectivity index is 2.41. The third kappa shape index (κ3) is 6.97. The Kier molecular flexibility index (Phi) is 7.81. The number of amides is 2. The van der Waals surface area contributed by atoms with Gasteiger partial charge in [0.25, 0.3) is 0 Å². The normalized spacial score (nSPS) is 10.1. The van der Waals surface area contributed by atoms with Crippen molar-refractivity contribution < 1.29 is 19.4 Å². The van der Waals surface area contributed by atoms with E-state index < -0.39 is 12.2 Å². The van der Waals surface area contributed by atoms with Gasteiger partial charge >= 0.3 is 12.2 Å². The fourth-order valence-corrected chi connectivity index (χ4v) is 1.97. The van der Waals surface area contributed by atoms with Crippen LogP contribution in [0.25, 0.3) is 0 Å². The maximum absolute atomic E-state index is 11.7. The molecule has 122 valence electrons. The van der Waals surface area contributed by atoms with Crippen molar-refractivity contribution in [2.45, 2.75) is 46.0 Å². The molecule has 0 saturated carbocycles. The van der Waals surface area contributed by atoms with Gasteiger partial charge in [0.1, 0.15) is 0 Å². The van der Waals surface area contributed by atoms with Gasteiger partial charge in [-0.15, -0.1) is 0 Å². The van der Waals surface area contributed by atoms with Crippen LogP contribution in [0.5, 0.6) is 0 Å². The average molecular weight is 308 g/mol. The molecule has 1 aromatic carbocycles. The first-order valence-corrected chi connectivity index (χ1v) is 7.57. The summed E-state index contributed by atoms with van der Waals surface area (Å²) >= 11 is 0. The maximum atomic E-state index is 11.7. The number of carbonyl (C=O) groups excluding carboxylic acids is 1. The molecule has 0 unspecified atom stereocenters. The SMILES string of the molecule is CCCCCCCOC(=O)Nc1cc(NC(=O)O)ccc1C. The summed E-state index contributed by atoms with van der Waals surface area (Å²) in [5.74, 6) is 0. The van der Waals surface area contributed by atoms with E-state index in [1.807, 2.05) is 6.92 Å². The monoisotopic (exact) mass is 308 g/mol. The molecule has 1 aromatic rings.